The molecule has 6 nitrogen and oxygen atoms in total. The van der Waals surface area contributed by atoms with Crippen LogP contribution in [-0.4, -0.2) is 38.0 Å². The average molecular weight is 271 g/mol. The van der Waals surface area contributed by atoms with Gasteiger partial charge in [0.25, 0.3) is 0 Å². The maximum atomic E-state index is 11.0. The van der Waals surface area contributed by atoms with E-state index in [4.69, 9.17) is 10.9 Å². The molecule has 1 rings (SSSR count). The van der Waals surface area contributed by atoms with Crippen molar-refractivity contribution < 1.29 is 13.6 Å². The van der Waals surface area contributed by atoms with Gasteiger partial charge in [0.05, 0.1) is 5.75 Å². The number of hydrogen-bond donors (Lipinski definition) is 3. The molecule has 0 bridgehead atoms. The molecule has 0 fully saturated rings. The molecule has 0 spiro atoms. The lowest BCUT2D eigenvalue weighted by Crippen LogP contribution is -2.24. The van der Waals surface area contributed by atoms with Crippen LogP contribution in [0.5, 0.6) is 0 Å². The molecule has 0 amide bonds. The number of nitrogens with zero attached hydrogens (tertiary/aromatic N) is 1. The van der Waals surface area contributed by atoms with Crippen LogP contribution in [0.2, 0.25) is 0 Å². The van der Waals surface area contributed by atoms with Crippen LogP contribution in [0.1, 0.15) is 11.1 Å². The zero-order valence-electron chi connectivity index (χ0n) is 10.1. The van der Waals surface area contributed by atoms with Crippen molar-refractivity contribution in [2.45, 2.75) is 6.54 Å². The minimum Gasteiger partial charge on any atom is -0.409 e. The van der Waals surface area contributed by atoms with E-state index >= 15 is 0 Å². The Balaban J connectivity index is 2.63. The van der Waals surface area contributed by atoms with Gasteiger partial charge in [0.2, 0.25) is 0 Å². The van der Waals surface area contributed by atoms with Crippen molar-refractivity contribution in [3.63, 3.8) is 0 Å². The number of benzene rings is 1. The van der Waals surface area contributed by atoms with E-state index in [0.29, 0.717) is 18.7 Å². The van der Waals surface area contributed by atoms with Crippen LogP contribution in [0, 0.1) is 0 Å². The maximum Gasteiger partial charge on any atom is 0.170 e. The molecule has 0 atom stereocenters. The van der Waals surface area contributed by atoms with E-state index in [0.717, 1.165) is 5.56 Å². The molecule has 0 heterocycles. The van der Waals surface area contributed by atoms with E-state index in [1.54, 1.807) is 12.1 Å². The second-order valence-corrected chi connectivity index (χ2v) is 6.21. The molecule has 0 aliphatic rings. The fourth-order valence-electron chi connectivity index (χ4n) is 1.46. The summed E-state index contributed by atoms with van der Waals surface area (Å²) in [5, 5.41) is 14.6. The van der Waals surface area contributed by atoms with Crippen LogP contribution in [0.15, 0.2) is 29.4 Å². The molecule has 18 heavy (non-hydrogen) atoms. The number of nitrogens with two attached hydrogens (primary N) is 1. The van der Waals surface area contributed by atoms with Gasteiger partial charge in [-0.05, 0) is 5.56 Å². The summed E-state index contributed by atoms with van der Waals surface area (Å²) in [5.41, 5.74) is 7.02. The molecule has 7 heteroatoms. The van der Waals surface area contributed by atoms with Gasteiger partial charge < -0.3 is 16.3 Å². The number of amidine groups is 1. The number of hydrogen-bond acceptors (Lipinski definition) is 5. The zero-order chi connectivity index (χ0) is 13.6. The van der Waals surface area contributed by atoms with E-state index in [2.05, 4.69) is 10.5 Å². The second-order valence-electron chi connectivity index (χ2n) is 3.95. The van der Waals surface area contributed by atoms with E-state index in [1.165, 1.54) is 6.26 Å². The summed E-state index contributed by atoms with van der Waals surface area (Å²) >= 11 is 0. The third kappa shape index (κ3) is 4.72. The summed E-state index contributed by atoms with van der Waals surface area (Å²) < 4.78 is 21.9. The van der Waals surface area contributed by atoms with Crippen LogP contribution < -0.4 is 11.1 Å². The lowest BCUT2D eigenvalue weighted by Gasteiger charge is -2.09. The van der Waals surface area contributed by atoms with Gasteiger partial charge in [-0.3, -0.25) is 0 Å². The van der Waals surface area contributed by atoms with Gasteiger partial charge in [0.15, 0.2) is 5.84 Å². The molecule has 0 saturated heterocycles. The average Bonchev–Trinajstić information content (AvgIpc) is 2.33. The van der Waals surface area contributed by atoms with Gasteiger partial charge in [0.1, 0.15) is 9.84 Å². The fraction of sp³-hybridized carbons (Fsp3) is 0.364. The van der Waals surface area contributed by atoms with E-state index < -0.39 is 9.84 Å². The summed E-state index contributed by atoms with van der Waals surface area (Å²) in [6.45, 7) is 0.825. The van der Waals surface area contributed by atoms with E-state index in [-0.39, 0.29) is 11.6 Å². The minimum atomic E-state index is -2.96. The molecular weight excluding hydrogens is 254 g/mol. The highest BCUT2D eigenvalue weighted by molar-refractivity contribution is 7.90. The Hall–Kier alpha value is -1.60. The molecule has 1 aromatic carbocycles. The standard InChI is InChI=1S/C11H17N3O3S/c1-18(16,17)7-6-13-8-9-4-2-3-5-10(9)11(12)14-15/h2-5,13,15H,6-8H2,1H3,(H2,12,14). The Kier molecular flexibility index (Phi) is 5.11. The SMILES string of the molecule is CS(=O)(=O)CCNCc1ccccc1C(N)=NO. The summed E-state index contributed by atoms with van der Waals surface area (Å²) in [4.78, 5) is 0. The summed E-state index contributed by atoms with van der Waals surface area (Å²) in [6.07, 6.45) is 1.19. The maximum absolute atomic E-state index is 11.0. The highest BCUT2D eigenvalue weighted by Crippen LogP contribution is 2.07. The van der Waals surface area contributed by atoms with Crippen molar-refractivity contribution in [3.8, 4) is 0 Å². The van der Waals surface area contributed by atoms with Gasteiger partial charge in [-0.1, -0.05) is 29.4 Å². The van der Waals surface area contributed by atoms with Crippen molar-refractivity contribution in [3.05, 3.63) is 35.4 Å². The monoisotopic (exact) mass is 271 g/mol. The molecule has 0 radical (unpaired) electrons. The topological polar surface area (TPSA) is 105 Å². The van der Waals surface area contributed by atoms with Crippen molar-refractivity contribution in [1.29, 1.82) is 0 Å². The van der Waals surface area contributed by atoms with Crippen LogP contribution in [-0.2, 0) is 16.4 Å². The van der Waals surface area contributed by atoms with Crippen LogP contribution >= 0.6 is 0 Å². The first kappa shape index (κ1) is 14.5. The van der Waals surface area contributed by atoms with Crippen molar-refractivity contribution in [1.82, 2.24) is 5.32 Å². The third-order valence-corrected chi connectivity index (χ3v) is 3.31. The number of sulfone groups is 1. The highest BCUT2D eigenvalue weighted by Gasteiger charge is 2.06. The molecule has 0 unspecified atom stereocenters. The number of oxime groups is 1. The van der Waals surface area contributed by atoms with Crippen LogP contribution in [0.25, 0.3) is 0 Å². The van der Waals surface area contributed by atoms with Crippen molar-refractivity contribution >= 4 is 15.7 Å². The predicted molar refractivity (Wildman–Crippen MR) is 70.4 cm³/mol. The molecule has 100 valence electrons. The quantitative estimate of drug-likeness (QED) is 0.221. The fourth-order valence-corrected chi connectivity index (χ4v) is 1.97. The smallest absolute Gasteiger partial charge is 0.170 e. The molecule has 0 saturated carbocycles. The largest absolute Gasteiger partial charge is 0.409 e. The summed E-state index contributed by atoms with van der Waals surface area (Å²) in [7, 11) is -2.96. The Bertz CT molecular complexity index is 526. The van der Waals surface area contributed by atoms with Crippen LogP contribution in [0.3, 0.4) is 0 Å². The Morgan fingerprint density at radius 1 is 1.44 bits per heavy atom. The lowest BCUT2D eigenvalue weighted by atomic mass is 10.1. The summed E-state index contributed by atoms with van der Waals surface area (Å²) in [6, 6.07) is 7.19. The van der Waals surface area contributed by atoms with E-state index in [9.17, 15) is 8.42 Å². The normalized spacial score (nSPS) is 12.6. The van der Waals surface area contributed by atoms with Gasteiger partial charge in [-0.15, -0.1) is 0 Å². The number of nitrogens with one attached hydrogen (secondary N) is 1. The van der Waals surface area contributed by atoms with Gasteiger partial charge in [-0.2, -0.15) is 0 Å². The van der Waals surface area contributed by atoms with Crippen LogP contribution in [0.4, 0.5) is 0 Å². The molecule has 4 N–H and O–H groups in total. The zero-order valence-corrected chi connectivity index (χ0v) is 10.9. The third-order valence-electron chi connectivity index (χ3n) is 2.37. The summed E-state index contributed by atoms with van der Waals surface area (Å²) in [5.74, 6) is 0.120. The first-order valence-corrected chi connectivity index (χ1v) is 7.44. The second kappa shape index (κ2) is 6.36. The molecule has 0 aliphatic heterocycles. The van der Waals surface area contributed by atoms with Crippen molar-refractivity contribution in [2.24, 2.45) is 10.9 Å². The number of rotatable bonds is 6. The van der Waals surface area contributed by atoms with Gasteiger partial charge >= 0.3 is 0 Å². The molecule has 0 aliphatic carbocycles. The first-order valence-electron chi connectivity index (χ1n) is 5.38. The van der Waals surface area contributed by atoms with Gasteiger partial charge in [-0.25, -0.2) is 8.42 Å². The van der Waals surface area contributed by atoms with E-state index in [1.807, 2.05) is 12.1 Å². The molecular formula is C11H17N3O3S. The first-order chi connectivity index (χ1) is 8.44. The minimum absolute atomic E-state index is 0.0375. The molecule has 1 aromatic rings. The van der Waals surface area contributed by atoms with Crippen molar-refractivity contribution in [2.75, 3.05) is 18.6 Å². The lowest BCUT2D eigenvalue weighted by molar-refractivity contribution is 0.318. The van der Waals surface area contributed by atoms with Gasteiger partial charge in [0, 0.05) is 24.9 Å². The Morgan fingerprint density at radius 3 is 2.72 bits per heavy atom. The molecule has 0 aromatic heterocycles. The Labute approximate surface area is 106 Å². The predicted octanol–water partition coefficient (Wildman–Crippen LogP) is -0.0847. The highest BCUT2D eigenvalue weighted by atomic mass is 32.2. The Morgan fingerprint density at radius 2 is 2.11 bits per heavy atom.